The Kier molecular flexibility index (Phi) is 3.62. The molecule has 114 valence electrons. The predicted octanol–water partition coefficient (Wildman–Crippen LogP) is 3.34. The third-order valence-electron chi connectivity index (χ3n) is 3.65. The summed E-state index contributed by atoms with van der Waals surface area (Å²) >= 11 is 0. The van der Waals surface area contributed by atoms with Crippen molar-refractivity contribution in [1.29, 1.82) is 0 Å². The van der Waals surface area contributed by atoms with Crippen LogP contribution >= 0.6 is 0 Å². The zero-order valence-electron chi connectivity index (χ0n) is 12.4. The molecule has 0 radical (unpaired) electrons. The second-order valence-electron chi connectivity index (χ2n) is 5.75. The molecule has 0 aromatic heterocycles. The molecule has 0 spiro atoms. The smallest absolute Gasteiger partial charge is 0.282 e. The molecule has 0 bridgehead atoms. The van der Waals surface area contributed by atoms with E-state index in [0.717, 1.165) is 11.1 Å². The minimum atomic E-state index is -3.68. The number of nitrogens with zero attached hydrogens (tertiary/aromatic N) is 1. The van der Waals surface area contributed by atoms with E-state index >= 15 is 0 Å². The Labute approximate surface area is 130 Å². The number of hydrogen-bond acceptors (Lipinski definition) is 3. The number of rotatable bonds is 4. The van der Waals surface area contributed by atoms with Gasteiger partial charge in [0.1, 0.15) is 6.10 Å². The van der Waals surface area contributed by atoms with E-state index in [-0.39, 0.29) is 16.6 Å². The van der Waals surface area contributed by atoms with Crippen molar-refractivity contribution in [1.82, 2.24) is 0 Å². The maximum Gasteiger partial charge on any atom is 0.282 e. The van der Waals surface area contributed by atoms with Crippen molar-refractivity contribution in [3.8, 4) is 0 Å². The van der Waals surface area contributed by atoms with Gasteiger partial charge in [0.05, 0.1) is 10.5 Å². The topological polar surface area (TPSA) is 59.0 Å². The SMILES string of the molecule is CC1(C)OC1c1ccccc1/C=N/S(=O)(=O)c1ccccc1. The van der Waals surface area contributed by atoms with E-state index in [1.165, 1.54) is 18.3 Å². The van der Waals surface area contributed by atoms with Gasteiger partial charge in [-0.05, 0) is 37.1 Å². The molecule has 0 aliphatic carbocycles. The van der Waals surface area contributed by atoms with Crippen LogP contribution in [0.15, 0.2) is 63.9 Å². The van der Waals surface area contributed by atoms with Crippen LogP contribution < -0.4 is 0 Å². The number of hydrogen-bond donors (Lipinski definition) is 0. The lowest BCUT2D eigenvalue weighted by Gasteiger charge is -2.03. The quantitative estimate of drug-likeness (QED) is 0.642. The fraction of sp³-hybridized carbons (Fsp3) is 0.235. The normalized spacial score (nSPS) is 20.2. The molecule has 1 aliphatic heterocycles. The first-order valence-corrected chi connectivity index (χ1v) is 8.46. The molecule has 22 heavy (non-hydrogen) atoms. The van der Waals surface area contributed by atoms with Gasteiger partial charge >= 0.3 is 0 Å². The zero-order chi connectivity index (χ0) is 15.8. The molecule has 5 heteroatoms. The molecule has 2 aromatic carbocycles. The maximum atomic E-state index is 12.2. The number of epoxide rings is 1. The Bertz CT molecular complexity index is 811. The van der Waals surface area contributed by atoms with Gasteiger partial charge in [0.2, 0.25) is 0 Å². The average Bonchev–Trinajstić information content (AvgIpc) is 3.15. The molecule has 1 saturated heterocycles. The molecule has 1 aliphatic rings. The predicted molar refractivity (Wildman–Crippen MR) is 85.6 cm³/mol. The minimum Gasteiger partial charge on any atom is -0.362 e. The van der Waals surface area contributed by atoms with Crippen LogP contribution in [0.2, 0.25) is 0 Å². The Morgan fingerprint density at radius 2 is 1.64 bits per heavy atom. The molecule has 1 heterocycles. The molecule has 1 atom stereocenters. The number of sulfonamides is 1. The van der Waals surface area contributed by atoms with Crippen LogP contribution in [0.4, 0.5) is 0 Å². The summed E-state index contributed by atoms with van der Waals surface area (Å²) in [6.45, 7) is 4.01. The van der Waals surface area contributed by atoms with Gasteiger partial charge in [-0.2, -0.15) is 12.8 Å². The third-order valence-corrected chi connectivity index (χ3v) is 4.90. The van der Waals surface area contributed by atoms with Gasteiger partial charge in [0.15, 0.2) is 0 Å². The summed E-state index contributed by atoms with van der Waals surface area (Å²) in [5.74, 6) is 0. The fourth-order valence-corrected chi connectivity index (χ4v) is 3.23. The van der Waals surface area contributed by atoms with E-state index in [1.807, 2.05) is 38.1 Å². The molecular formula is C17H17NO3S. The largest absolute Gasteiger partial charge is 0.362 e. The van der Waals surface area contributed by atoms with Gasteiger partial charge < -0.3 is 4.74 Å². The van der Waals surface area contributed by atoms with Crippen molar-refractivity contribution in [3.05, 3.63) is 65.7 Å². The highest BCUT2D eigenvalue weighted by atomic mass is 32.2. The van der Waals surface area contributed by atoms with Gasteiger partial charge in [-0.3, -0.25) is 0 Å². The fourth-order valence-electron chi connectivity index (χ4n) is 2.35. The monoisotopic (exact) mass is 315 g/mol. The highest BCUT2D eigenvalue weighted by molar-refractivity contribution is 7.90. The maximum absolute atomic E-state index is 12.2. The number of ether oxygens (including phenoxy) is 1. The van der Waals surface area contributed by atoms with E-state index < -0.39 is 10.0 Å². The van der Waals surface area contributed by atoms with Crippen LogP contribution in [-0.4, -0.2) is 20.2 Å². The zero-order valence-corrected chi connectivity index (χ0v) is 13.2. The van der Waals surface area contributed by atoms with Gasteiger partial charge in [-0.1, -0.05) is 42.5 Å². The van der Waals surface area contributed by atoms with Crippen molar-refractivity contribution in [2.24, 2.45) is 4.40 Å². The first-order chi connectivity index (χ1) is 10.4. The van der Waals surface area contributed by atoms with Crippen LogP contribution in [0.25, 0.3) is 0 Å². The third kappa shape index (κ3) is 2.96. The molecule has 0 N–H and O–H groups in total. The highest BCUT2D eigenvalue weighted by Gasteiger charge is 2.49. The van der Waals surface area contributed by atoms with Gasteiger partial charge in [0.25, 0.3) is 10.0 Å². The minimum absolute atomic E-state index is 0.0189. The summed E-state index contributed by atoms with van der Waals surface area (Å²) in [6.07, 6.45) is 1.38. The van der Waals surface area contributed by atoms with E-state index in [9.17, 15) is 8.42 Å². The van der Waals surface area contributed by atoms with E-state index in [1.54, 1.807) is 18.2 Å². The molecule has 1 fully saturated rings. The Hall–Kier alpha value is -1.98. The van der Waals surface area contributed by atoms with Crippen molar-refractivity contribution in [2.45, 2.75) is 30.4 Å². The lowest BCUT2D eigenvalue weighted by Crippen LogP contribution is -2.02. The van der Waals surface area contributed by atoms with Crippen LogP contribution in [-0.2, 0) is 14.8 Å². The molecular weight excluding hydrogens is 298 g/mol. The Balaban J connectivity index is 1.91. The second kappa shape index (κ2) is 5.34. The summed E-state index contributed by atoms with van der Waals surface area (Å²) in [5, 5.41) is 0. The van der Waals surface area contributed by atoms with Crippen LogP contribution in [0.1, 0.15) is 31.1 Å². The number of benzene rings is 2. The Morgan fingerprint density at radius 3 is 2.27 bits per heavy atom. The molecule has 4 nitrogen and oxygen atoms in total. The second-order valence-corrected chi connectivity index (χ2v) is 7.39. The van der Waals surface area contributed by atoms with E-state index in [0.29, 0.717) is 0 Å². The first-order valence-electron chi connectivity index (χ1n) is 7.02. The molecule has 0 saturated carbocycles. The summed E-state index contributed by atoms with van der Waals surface area (Å²) < 4.78 is 33.8. The molecule has 2 aromatic rings. The van der Waals surface area contributed by atoms with Gasteiger partial charge in [-0.15, -0.1) is 0 Å². The van der Waals surface area contributed by atoms with Gasteiger partial charge in [0, 0.05) is 6.21 Å². The van der Waals surface area contributed by atoms with Crippen LogP contribution in [0.3, 0.4) is 0 Å². The summed E-state index contributed by atoms with van der Waals surface area (Å²) in [6, 6.07) is 15.7. The van der Waals surface area contributed by atoms with Gasteiger partial charge in [-0.25, -0.2) is 0 Å². The van der Waals surface area contributed by atoms with Crippen molar-refractivity contribution < 1.29 is 13.2 Å². The molecule has 0 amide bonds. The average molecular weight is 315 g/mol. The Morgan fingerprint density at radius 1 is 1.05 bits per heavy atom. The van der Waals surface area contributed by atoms with Crippen molar-refractivity contribution in [2.75, 3.05) is 0 Å². The van der Waals surface area contributed by atoms with Crippen LogP contribution in [0.5, 0.6) is 0 Å². The standard InChI is InChI=1S/C17H17NO3S/c1-17(2)16(21-17)15-11-7-6-8-13(15)12-18-22(19,20)14-9-4-3-5-10-14/h3-12,16H,1-2H3/b18-12+. The van der Waals surface area contributed by atoms with E-state index in [2.05, 4.69) is 4.40 Å². The molecule has 3 rings (SSSR count). The highest BCUT2D eigenvalue weighted by Crippen LogP contribution is 2.49. The van der Waals surface area contributed by atoms with Crippen molar-refractivity contribution in [3.63, 3.8) is 0 Å². The lowest BCUT2D eigenvalue weighted by atomic mass is 9.99. The summed E-state index contributed by atoms with van der Waals surface area (Å²) in [4.78, 5) is 0.187. The first kappa shape index (κ1) is 14.9. The summed E-state index contributed by atoms with van der Waals surface area (Å²) in [7, 11) is -3.68. The van der Waals surface area contributed by atoms with E-state index in [4.69, 9.17) is 4.74 Å². The van der Waals surface area contributed by atoms with Crippen LogP contribution in [0, 0.1) is 0 Å². The molecule has 1 unspecified atom stereocenters. The summed E-state index contributed by atoms with van der Waals surface area (Å²) in [5.41, 5.74) is 1.51. The van der Waals surface area contributed by atoms with Crippen molar-refractivity contribution >= 4 is 16.2 Å². The lowest BCUT2D eigenvalue weighted by molar-refractivity contribution is 0.325.